The Morgan fingerprint density at radius 2 is 1.93 bits per heavy atom. The lowest BCUT2D eigenvalue weighted by Crippen LogP contribution is -2.38. The number of ether oxygens (including phenoxy) is 1. The summed E-state index contributed by atoms with van der Waals surface area (Å²) in [7, 11) is 0. The van der Waals surface area contributed by atoms with Gasteiger partial charge in [-0.05, 0) is 56.8 Å². The van der Waals surface area contributed by atoms with Crippen molar-refractivity contribution in [1.29, 1.82) is 0 Å². The van der Waals surface area contributed by atoms with Gasteiger partial charge in [0.1, 0.15) is 0 Å². The molecule has 3 heterocycles. The molecule has 0 radical (unpaired) electrons. The number of hydrazone groups is 1. The first-order valence-electron chi connectivity index (χ1n) is 13.8. The van der Waals surface area contributed by atoms with Crippen molar-refractivity contribution in [3.63, 3.8) is 0 Å². The third-order valence-corrected chi connectivity index (χ3v) is 7.32. The van der Waals surface area contributed by atoms with E-state index in [9.17, 15) is 23.1 Å². The molecule has 1 atom stereocenters. The number of rotatable bonds is 10. The van der Waals surface area contributed by atoms with Crippen LogP contribution in [0.15, 0.2) is 65.4 Å². The molecular formula is C30H34F3N5O3. The number of hydrogen-bond donors (Lipinski definition) is 2. The second kappa shape index (κ2) is 12.6. The summed E-state index contributed by atoms with van der Waals surface area (Å²) in [6.07, 6.45) is -0.566. The van der Waals surface area contributed by atoms with E-state index in [0.29, 0.717) is 24.4 Å². The molecule has 1 amide bonds. The number of amides is 1. The van der Waals surface area contributed by atoms with Crippen molar-refractivity contribution in [3.05, 3.63) is 71.4 Å². The summed E-state index contributed by atoms with van der Waals surface area (Å²) in [5.41, 5.74) is 1.57. The van der Waals surface area contributed by atoms with Crippen LogP contribution in [0.5, 0.6) is 0 Å². The molecule has 5 rings (SSSR count). The molecule has 2 aliphatic rings. The summed E-state index contributed by atoms with van der Waals surface area (Å²) in [6.45, 7) is 7.75. The number of carbonyl (C=O) groups excluding carboxylic acids is 1. The Labute approximate surface area is 236 Å². The number of morpholine rings is 1. The van der Waals surface area contributed by atoms with Crippen LogP contribution in [0.4, 0.5) is 18.9 Å². The Morgan fingerprint density at radius 1 is 1.15 bits per heavy atom. The van der Waals surface area contributed by atoms with E-state index in [4.69, 9.17) is 4.74 Å². The first-order valence-corrected chi connectivity index (χ1v) is 13.8. The van der Waals surface area contributed by atoms with Crippen LogP contribution in [0.3, 0.4) is 0 Å². The number of para-hydroxylation sites is 1. The van der Waals surface area contributed by atoms with E-state index in [-0.39, 0.29) is 5.69 Å². The topological polar surface area (TPSA) is 82.3 Å². The first-order chi connectivity index (χ1) is 19.7. The van der Waals surface area contributed by atoms with Crippen molar-refractivity contribution in [2.45, 2.75) is 32.2 Å². The zero-order valence-corrected chi connectivity index (χ0v) is 22.9. The first kappa shape index (κ1) is 29.0. The van der Waals surface area contributed by atoms with Gasteiger partial charge in [0, 0.05) is 48.8 Å². The monoisotopic (exact) mass is 569 g/mol. The minimum absolute atomic E-state index is 0.0515. The fourth-order valence-corrected chi connectivity index (χ4v) is 5.18. The predicted molar refractivity (Wildman–Crippen MR) is 153 cm³/mol. The van der Waals surface area contributed by atoms with Gasteiger partial charge in [-0.1, -0.05) is 24.3 Å². The largest absolute Gasteiger partial charge is 0.416 e. The maximum Gasteiger partial charge on any atom is 0.416 e. The Bertz CT molecular complexity index is 1440. The number of nitrogens with one attached hydrogen (secondary N) is 1. The number of halogens is 3. The van der Waals surface area contributed by atoms with E-state index >= 15 is 0 Å². The van der Waals surface area contributed by atoms with Gasteiger partial charge in [-0.15, -0.1) is 0 Å². The number of nitrogens with zero attached hydrogens (tertiary/aromatic N) is 4. The maximum absolute atomic E-state index is 13.3. The number of fused-ring (bicyclic) bond motifs is 1. The molecule has 0 saturated carbocycles. The summed E-state index contributed by atoms with van der Waals surface area (Å²) >= 11 is 0. The third-order valence-electron chi connectivity index (χ3n) is 7.32. The van der Waals surface area contributed by atoms with E-state index in [1.807, 2.05) is 35.0 Å². The zero-order valence-electron chi connectivity index (χ0n) is 22.9. The van der Waals surface area contributed by atoms with Crippen molar-refractivity contribution < 1.29 is 27.8 Å². The van der Waals surface area contributed by atoms with Crippen LogP contribution in [0, 0.1) is 0 Å². The second-order valence-corrected chi connectivity index (χ2v) is 10.3. The molecule has 1 aromatic heterocycles. The molecule has 3 aromatic rings. The molecular weight excluding hydrogens is 535 g/mol. The standard InChI is InChI=1S/C30H34F3N5O3/c1-21-27(29(40)38(35-21)24-7-4-6-23(17-24)30(31,32)33)16-22-19-37(28-9-3-2-8-26(22)28)20-25(39)18-34-10-5-11-36-12-14-41-15-13-36/h2-4,6-9,16-17,19,25,34,39H,5,10-15,18,20H2,1H3/b27-16+. The highest BCUT2D eigenvalue weighted by Crippen LogP contribution is 2.34. The van der Waals surface area contributed by atoms with Gasteiger partial charge in [0.25, 0.3) is 5.91 Å². The van der Waals surface area contributed by atoms with Gasteiger partial charge in [-0.25, -0.2) is 0 Å². The summed E-state index contributed by atoms with van der Waals surface area (Å²) in [6, 6.07) is 12.3. The van der Waals surface area contributed by atoms with Gasteiger partial charge in [-0.2, -0.15) is 23.3 Å². The molecule has 41 heavy (non-hydrogen) atoms. The molecule has 8 nitrogen and oxygen atoms in total. The lowest BCUT2D eigenvalue weighted by atomic mass is 10.1. The minimum atomic E-state index is -4.53. The zero-order chi connectivity index (χ0) is 29.0. The van der Waals surface area contributed by atoms with Gasteiger partial charge in [0.15, 0.2) is 0 Å². The van der Waals surface area contributed by atoms with E-state index in [0.717, 1.165) is 79.4 Å². The SMILES string of the molecule is CC1=NN(c2cccc(C(F)(F)F)c2)C(=O)/C1=C/c1cn(CC(O)CNCCCN2CCOCC2)c2ccccc12. The number of aliphatic hydroxyl groups excluding tert-OH is 1. The molecule has 218 valence electrons. The van der Waals surface area contributed by atoms with Crippen LogP contribution in [-0.2, 0) is 22.3 Å². The Morgan fingerprint density at radius 3 is 2.71 bits per heavy atom. The Hall–Kier alpha value is -3.51. The molecule has 11 heteroatoms. The molecule has 0 bridgehead atoms. The van der Waals surface area contributed by atoms with Crippen molar-refractivity contribution in [2.75, 3.05) is 50.9 Å². The van der Waals surface area contributed by atoms with Crippen LogP contribution in [0.2, 0.25) is 0 Å². The Balaban J connectivity index is 1.26. The summed E-state index contributed by atoms with van der Waals surface area (Å²) in [5.74, 6) is -0.500. The minimum Gasteiger partial charge on any atom is -0.390 e. The number of carbonyl (C=O) groups is 1. The van der Waals surface area contributed by atoms with Gasteiger partial charge >= 0.3 is 6.18 Å². The predicted octanol–water partition coefficient (Wildman–Crippen LogP) is 4.14. The van der Waals surface area contributed by atoms with Gasteiger partial charge < -0.3 is 19.7 Å². The van der Waals surface area contributed by atoms with Crippen molar-refractivity contribution in [3.8, 4) is 0 Å². The normalized spacial score (nSPS) is 18.5. The van der Waals surface area contributed by atoms with E-state index in [1.54, 1.807) is 13.0 Å². The molecule has 1 saturated heterocycles. The highest BCUT2D eigenvalue weighted by Gasteiger charge is 2.33. The number of alkyl halides is 3. The molecule has 0 spiro atoms. The number of aliphatic hydroxyl groups is 1. The lowest BCUT2D eigenvalue weighted by molar-refractivity contribution is -0.137. The van der Waals surface area contributed by atoms with Crippen molar-refractivity contribution in [1.82, 2.24) is 14.8 Å². The molecule has 0 aliphatic carbocycles. The van der Waals surface area contributed by atoms with E-state index < -0.39 is 23.8 Å². The smallest absolute Gasteiger partial charge is 0.390 e. The number of benzene rings is 2. The average Bonchev–Trinajstić information content (AvgIpc) is 3.45. The van der Waals surface area contributed by atoms with Gasteiger partial charge in [0.2, 0.25) is 0 Å². The highest BCUT2D eigenvalue weighted by atomic mass is 19.4. The molecule has 1 unspecified atom stereocenters. The van der Waals surface area contributed by atoms with E-state index in [1.165, 1.54) is 12.1 Å². The number of anilines is 1. The molecule has 1 fully saturated rings. The second-order valence-electron chi connectivity index (χ2n) is 10.3. The van der Waals surface area contributed by atoms with Crippen LogP contribution in [0.25, 0.3) is 17.0 Å². The maximum atomic E-state index is 13.3. The average molecular weight is 570 g/mol. The van der Waals surface area contributed by atoms with Crippen LogP contribution < -0.4 is 10.3 Å². The summed E-state index contributed by atoms with van der Waals surface area (Å²) in [4.78, 5) is 15.7. The van der Waals surface area contributed by atoms with Crippen LogP contribution >= 0.6 is 0 Å². The number of hydrogen-bond acceptors (Lipinski definition) is 6. The van der Waals surface area contributed by atoms with Gasteiger partial charge in [-0.3, -0.25) is 9.69 Å². The van der Waals surface area contributed by atoms with Crippen LogP contribution in [0.1, 0.15) is 24.5 Å². The molecule has 2 N–H and O–H groups in total. The highest BCUT2D eigenvalue weighted by molar-refractivity contribution is 6.32. The van der Waals surface area contributed by atoms with Crippen molar-refractivity contribution in [2.24, 2.45) is 5.10 Å². The molecule has 2 aromatic carbocycles. The quantitative estimate of drug-likeness (QED) is 0.284. The van der Waals surface area contributed by atoms with Gasteiger partial charge in [0.05, 0.1) is 41.9 Å². The summed E-state index contributed by atoms with van der Waals surface area (Å²) in [5, 5.41) is 20.2. The van der Waals surface area contributed by atoms with E-state index in [2.05, 4.69) is 15.3 Å². The molecule has 2 aliphatic heterocycles. The fourth-order valence-electron chi connectivity index (χ4n) is 5.18. The van der Waals surface area contributed by atoms with Crippen LogP contribution in [-0.4, -0.2) is 78.2 Å². The number of aromatic nitrogens is 1. The lowest BCUT2D eigenvalue weighted by Gasteiger charge is -2.26. The summed E-state index contributed by atoms with van der Waals surface area (Å²) < 4.78 is 47.0. The fraction of sp³-hybridized carbons (Fsp3) is 0.400. The third kappa shape index (κ3) is 6.87. The van der Waals surface area contributed by atoms with Crippen molar-refractivity contribution >= 4 is 34.3 Å². The Kier molecular flexibility index (Phi) is 8.88.